The molecule has 0 aliphatic carbocycles. The van der Waals surface area contributed by atoms with Crippen LogP contribution in [-0.2, 0) is 9.84 Å². The number of rotatable bonds is 3. The van der Waals surface area contributed by atoms with Gasteiger partial charge >= 0.3 is 0 Å². The first-order valence-electron chi connectivity index (χ1n) is 3.60. The van der Waals surface area contributed by atoms with Crippen molar-refractivity contribution < 1.29 is 8.42 Å². The summed E-state index contributed by atoms with van der Waals surface area (Å²) in [5.74, 6) is 0.0243. The summed E-state index contributed by atoms with van der Waals surface area (Å²) in [5.41, 5.74) is 0.533. The second-order valence-electron chi connectivity index (χ2n) is 2.73. The zero-order chi connectivity index (χ0) is 8.32. The van der Waals surface area contributed by atoms with Gasteiger partial charge in [-0.1, -0.05) is 0 Å². The van der Waals surface area contributed by atoms with Gasteiger partial charge in [0, 0.05) is 0 Å². The average molecular weight is 176 g/mol. The third-order valence-corrected chi connectivity index (χ3v) is 2.82. The van der Waals surface area contributed by atoms with Crippen LogP contribution in [0, 0.1) is 5.41 Å². The highest BCUT2D eigenvalue weighted by Gasteiger charge is 2.17. The van der Waals surface area contributed by atoms with E-state index in [0.29, 0.717) is 5.55 Å². The predicted molar refractivity (Wildman–Crippen MR) is 43.4 cm³/mol. The fraction of sp³-hybridized carbons (Fsp3) is 0.833. The molecule has 0 aromatic carbocycles. The second kappa shape index (κ2) is 3.32. The quantitative estimate of drug-likeness (QED) is 0.488. The first-order chi connectivity index (χ1) is 5.14. The van der Waals surface area contributed by atoms with Gasteiger partial charge in [0.1, 0.15) is 11.4 Å². The highest BCUT2D eigenvalue weighted by molar-refractivity contribution is 8.04. The van der Waals surface area contributed by atoms with Crippen LogP contribution in [0.3, 0.4) is 0 Å². The van der Waals surface area contributed by atoms with E-state index in [4.69, 9.17) is 5.41 Å². The van der Waals surface area contributed by atoms with Crippen molar-refractivity contribution in [1.82, 2.24) is 4.90 Å². The van der Waals surface area contributed by atoms with E-state index in [2.05, 4.69) is 0 Å². The lowest BCUT2D eigenvalue weighted by molar-refractivity contribution is 0.390. The Morgan fingerprint density at radius 3 is 2.36 bits per heavy atom. The van der Waals surface area contributed by atoms with Crippen LogP contribution in [0.25, 0.3) is 0 Å². The molecule has 1 heterocycles. The Bertz CT molecular complexity index is 229. The lowest BCUT2D eigenvalue weighted by atomic mass is 10.4. The number of sulfone groups is 1. The molecule has 0 aromatic rings. The van der Waals surface area contributed by atoms with Gasteiger partial charge in [-0.25, -0.2) is 8.42 Å². The zero-order valence-corrected chi connectivity index (χ0v) is 7.10. The van der Waals surface area contributed by atoms with Crippen molar-refractivity contribution in [3.8, 4) is 0 Å². The fourth-order valence-corrected chi connectivity index (χ4v) is 2.05. The average Bonchev–Trinajstić information content (AvgIpc) is 2.39. The molecule has 0 bridgehead atoms. The minimum absolute atomic E-state index is 0.0243. The maximum atomic E-state index is 10.9. The number of nitrogens with one attached hydrogen (secondary N) is 1. The van der Waals surface area contributed by atoms with Crippen molar-refractivity contribution in [2.24, 2.45) is 0 Å². The largest absolute Gasteiger partial charge is 0.297 e. The lowest BCUT2D eigenvalue weighted by Crippen LogP contribution is -2.27. The minimum Gasteiger partial charge on any atom is -0.297 e. The normalized spacial score (nSPS) is 20.4. The molecule has 1 N–H and O–H groups in total. The molecule has 5 heteroatoms. The van der Waals surface area contributed by atoms with E-state index < -0.39 is 9.84 Å². The topological polar surface area (TPSA) is 61.2 Å². The third kappa shape index (κ3) is 2.59. The molecule has 0 radical (unpaired) electrons. The Balaban J connectivity index is 2.47. The van der Waals surface area contributed by atoms with Crippen molar-refractivity contribution in [3.63, 3.8) is 0 Å². The van der Waals surface area contributed by atoms with E-state index in [0.717, 1.165) is 25.9 Å². The Labute approximate surface area is 66.6 Å². The summed E-state index contributed by atoms with van der Waals surface area (Å²) in [6.45, 7) is 1.71. The van der Waals surface area contributed by atoms with Gasteiger partial charge in [-0.05, 0) is 25.9 Å². The summed E-state index contributed by atoms with van der Waals surface area (Å²) in [6.07, 6.45) is 2.15. The first-order valence-corrected chi connectivity index (χ1v) is 5.31. The van der Waals surface area contributed by atoms with E-state index in [1.807, 2.05) is 4.90 Å². The summed E-state index contributed by atoms with van der Waals surface area (Å²) in [4.78, 5) is 1.86. The van der Waals surface area contributed by atoms with E-state index in [1.165, 1.54) is 0 Å². The van der Waals surface area contributed by atoms with Gasteiger partial charge < -0.3 is 0 Å². The molecule has 0 saturated carbocycles. The molecule has 64 valence electrons. The maximum absolute atomic E-state index is 10.9. The molecule has 4 nitrogen and oxygen atoms in total. The highest BCUT2D eigenvalue weighted by Crippen LogP contribution is 2.07. The first kappa shape index (κ1) is 8.67. The standard InChI is InChI=1S/C6H12N2O2S/c7-5-11(9,10)6-8-3-1-2-4-8/h5,7H,1-4,6H2. The number of likely N-dealkylation sites (tertiary alicyclic amines) is 1. The monoisotopic (exact) mass is 176 g/mol. The molecule has 1 saturated heterocycles. The molecule has 0 amide bonds. The maximum Gasteiger partial charge on any atom is 0.201 e. The molecule has 0 unspecified atom stereocenters. The summed E-state index contributed by atoms with van der Waals surface area (Å²) in [7, 11) is -3.24. The summed E-state index contributed by atoms with van der Waals surface area (Å²) < 4.78 is 21.7. The lowest BCUT2D eigenvalue weighted by Gasteiger charge is -2.11. The van der Waals surface area contributed by atoms with E-state index in [1.54, 1.807) is 0 Å². The molecular weight excluding hydrogens is 164 g/mol. The summed E-state index contributed by atoms with van der Waals surface area (Å²) in [5, 5.41) is 6.63. The van der Waals surface area contributed by atoms with Crippen molar-refractivity contribution >= 4 is 15.4 Å². The van der Waals surface area contributed by atoms with Crippen LogP contribution in [0.15, 0.2) is 0 Å². The Morgan fingerprint density at radius 2 is 1.91 bits per heavy atom. The third-order valence-electron chi connectivity index (χ3n) is 1.74. The van der Waals surface area contributed by atoms with Crippen LogP contribution < -0.4 is 0 Å². The Kier molecular flexibility index (Phi) is 2.62. The van der Waals surface area contributed by atoms with Crippen LogP contribution in [0.4, 0.5) is 0 Å². The highest BCUT2D eigenvalue weighted by atomic mass is 32.2. The molecule has 11 heavy (non-hydrogen) atoms. The number of nitrogens with zero attached hydrogens (tertiary/aromatic N) is 1. The van der Waals surface area contributed by atoms with E-state index in [9.17, 15) is 8.42 Å². The summed E-state index contributed by atoms with van der Waals surface area (Å²) in [6, 6.07) is 0. The molecule has 0 spiro atoms. The van der Waals surface area contributed by atoms with Gasteiger partial charge in [0.15, 0.2) is 0 Å². The van der Waals surface area contributed by atoms with Gasteiger partial charge in [-0.2, -0.15) is 0 Å². The van der Waals surface area contributed by atoms with Gasteiger partial charge in [0.25, 0.3) is 0 Å². The van der Waals surface area contributed by atoms with Crippen molar-refractivity contribution in [3.05, 3.63) is 0 Å². The molecule has 1 aliphatic heterocycles. The minimum atomic E-state index is -3.24. The van der Waals surface area contributed by atoms with Crippen molar-refractivity contribution in [1.29, 1.82) is 5.41 Å². The molecule has 1 fully saturated rings. The van der Waals surface area contributed by atoms with Gasteiger partial charge in [-0.15, -0.1) is 0 Å². The summed E-state index contributed by atoms with van der Waals surface area (Å²) >= 11 is 0. The molecular formula is C6H12N2O2S. The fourth-order valence-electron chi connectivity index (χ4n) is 1.20. The molecule has 1 aliphatic rings. The number of hydrogen-bond acceptors (Lipinski definition) is 4. The second-order valence-corrected chi connectivity index (χ2v) is 4.55. The van der Waals surface area contributed by atoms with Crippen molar-refractivity contribution in [2.75, 3.05) is 19.0 Å². The molecule has 1 rings (SSSR count). The van der Waals surface area contributed by atoms with Gasteiger partial charge in [-0.3, -0.25) is 10.3 Å². The van der Waals surface area contributed by atoms with E-state index in [-0.39, 0.29) is 5.88 Å². The number of hydrogen-bond donors (Lipinski definition) is 1. The molecule has 0 atom stereocenters. The van der Waals surface area contributed by atoms with Crippen LogP contribution in [0.5, 0.6) is 0 Å². The predicted octanol–water partition coefficient (Wildman–Crippen LogP) is 0.0616. The SMILES string of the molecule is N=CS(=O)(=O)CN1CCCC1. The van der Waals surface area contributed by atoms with Crippen LogP contribution in [-0.4, -0.2) is 37.8 Å². The van der Waals surface area contributed by atoms with Gasteiger partial charge in [0.2, 0.25) is 9.84 Å². The van der Waals surface area contributed by atoms with E-state index >= 15 is 0 Å². The van der Waals surface area contributed by atoms with Crippen molar-refractivity contribution in [2.45, 2.75) is 12.8 Å². The van der Waals surface area contributed by atoms with Crippen LogP contribution in [0.2, 0.25) is 0 Å². The molecule has 0 aromatic heterocycles. The van der Waals surface area contributed by atoms with Crippen LogP contribution >= 0.6 is 0 Å². The Hall–Kier alpha value is -0.420. The zero-order valence-electron chi connectivity index (χ0n) is 6.28. The Morgan fingerprint density at radius 1 is 1.36 bits per heavy atom. The van der Waals surface area contributed by atoms with Crippen LogP contribution in [0.1, 0.15) is 12.8 Å². The smallest absolute Gasteiger partial charge is 0.201 e. The van der Waals surface area contributed by atoms with Gasteiger partial charge in [0.05, 0.1) is 0 Å².